The predicted molar refractivity (Wildman–Crippen MR) is 594 cm³/mol. The minimum Gasteiger partial charge on any atom is -0.309 e. The van der Waals surface area contributed by atoms with Crippen molar-refractivity contribution in [1.29, 1.82) is 0 Å². The summed E-state index contributed by atoms with van der Waals surface area (Å²) in [6, 6.07) is 174. The molecule has 21 aromatic carbocycles. The molecule has 0 saturated carbocycles. The highest BCUT2D eigenvalue weighted by Crippen LogP contribution is 2.58. The van der Waals surface area contributed by atoms with Gasteiger partial charge in [0.2, 0.25) is 0 Å². The lowest BCUT2D eigenvalue weighted by Gasteiger charge is -2.24. The van der Waals surface area contributed by atoms with Crippen LogP contribution in [-0.4, -0.2) is 27.4 Å². The van der Waals surface area contributed by atoms with Crippen molar-refractivity contribution < 1.29 is 0 Å². The molecule has 0 radical (unpaired) electrons. The van der Waals surface area contributed by atoms with Crippen LogP contribution in [0.2, 0.25) is 0 Å². The summed E-state index contributed by atoms with van der Waals surface area (Å²) in [4.78, 5) is 0. The van der Waals surface area contributed by atoms with Crippen molar-refractivity contribution in [3.05, 3.63) is 507 Å². The number of rotatable bonds is 9. The van der Waals surface area contributed by atoms with Gasteiger partial charge >= 0.3 is 0 Å². The van der Waals surface area contributed by atoms with Crippen LogP contribution in [0.3, 0.4) is 0 Å². The Labute approximate surface area is 817 Å². The third-order valence-corrected chi connectivity index (χ3v) is 31.6. The van der Waals surface area contributed by atoms with Gasteiger partial charge in [0.15, 0.2) is 0 Å². The van der Waals surface area contributed by atoms with Crippen molar-refractivity contribution >= 4 is 131 Å². The summed E-state index contributed by atoms with van der Waals surface area (Å²) in [5.74, 6) is 0. The zero-order valence-electron chi connectivity index (χ0n) is 79.2. The zero-order chi connectivity index (χ0) is 93.8. The number of hydrogen-bond acceptors (Lipinski definition) is 0. The SMILES string of the molecule is CC1(C)c2ccccc2-c2c1ccc1c3ccccc3n(-c3ccccc3-c3ccccc3-n3c4ccccc4c4ccccc43)c21.CC1(C)c2ccccc2-c2cc3c4ccccc4n(-c4ccccc4-c4ccccc4-n4c5ccccc5c5ccccc54)c3cc21.CC1(C)c2ccccc2-c2ccc3c4ccccc4n(-c4ccccc4-c4ccccc4-n4c5ccccc5c5ccccc54)c3c21. The standard InChI is InChI=1S/3C45H32N2/c1-45(2)36-21-9-3-20-35(36)43-37(45)28-27-34-33-19-8-14-26-42(33)47(44(34)43)41-25-13-7-18-32(41)31-17-6-12-24-40(31)46-38-22-10-4-15-29(38)30-16-5-11-23-39(30)46;1-45(2)37-21-9-3-15-29(37)35-27-36-34-20-8-14-26-43(34)47(44(36)28-38(35)45)42-25-13-7-19-33(42)32-18-6-12-24-41(32)46-39-22-10-4-16-30(39)31-17-5-11-23-40(31)46;1-45(2)37-21-9-3-15-29(37)35-27-28-36-34-20-8-14-26-42(34)47(44(36)43(35)45)41-25-13-7-19-33(41)32-18-6-12-24-40(32)46-38-22-10-4-16-30(38)31-17-5-11-23-39(31)46/h3*3-28H,1-2H3. The van der Waals surface area contributed by atoms with Gasteiger partial charge in [-0.1, -0.05) is 412 Å². The Bertz CT molecular complexity index is 9770. The molecule has 0 amide bonds. The molecule has 3 aliphatic rings. The number of nitrogens with zero attached hydrogens (tertiary/aromatic N) is 6. The van der Waals surface area contributed by atoms with Gasteiger partial charge < -0.3 is 27.4 Å². The topological polar surface area (TPSA) is 29.6 Å². The van der Waals surface area contributed by atoms with Crippen molar-refractivity contribution in [3.63, 3.8) is 0 Å². The lowest BCUT2D eigenvalue weighted by Crippen LogP contribution is -2.16. The first-order valence-corrected chi connectivity index (χ1v) is 49.4. The van der Waals surface area contributed by atoms with E-state index in [4.69, 9.17) is 0 Å². The molecule has 0 saturated heterocycles. The summed E-state index contributed by atoms with van der Waals surface area (Å²) in [5, 5.41) is 15.3. The van der Waals surface area contributed by atoms with E-state index in [1.54, 1.807) is 0 Å². The smallest absolute Gasteiger partial charge is 0.0622 e. The van der Waals surface area contributed by atoms with E-state index in [1.807, 2.05) is 0 Å². The zero-order valence-corrected chi connectivity index (χ0v) is 79.2. The van der Waals surface area contributed by atoms with Crippen LogP contribution in [0.25, 0.3) is 232 Å². The van der Waals surface area contributed by atoms with E-state index in [0.29, 0.717) is 0 Å². The first-order valence-electron chi connectivity index (χ1n) is 49.4. The summed E-state index contributed by atoms with van der Waals surface area (Å²) >= 11 is 0. The Morgan fingerprint density at radius 1 is 0.135 bits per heavy atom. The minimum absolute atomic E-state index is 0.0793. The number of benzene rings is 21. The van der Waals surface area contributed by atoms with Crippen LogP contribution in [-0.2, 0) is 16.2 Å². The van der Waals surface area contributed by atoms with Crippen molar-refractivity contribution in [2.75, 3.05) is 0 Å². The van der Waals surface area contributed by atoms with Crippen molar-refractivity contribution in [2.45, 2.75) is 57.8 Å². The summed E-state index contributed by atoms with van der Waals surface area (Å²) in [7, 11) is 0. The van der Waals surface area contributed by atoms with E-state index in [1.165, 1.54) is 265 Å². The van der Waals surface area contributed by atoms with Crippen LogP contribution >= 0.6 is 0 Å². The van der Waals surface area contributed by atoms with Crippen LogP contribution in [0.1, 0.15) is 74.9 Å². The second-order valence-electron chi connectivity index (χ2n) is 40.0. The highest BCUT2D eigenvalue weighted by Gasteiger charge is 2.42. The fourth-order valence-corrected chi connectivity index (χ4v) is 25.4. The molecule has 6 aromatic heterocycles. The Kier molecular flexibility index (Phi) is 18.1. The first kappa shape index (κ1) is 81.7. The maximum Gasteiger partial charge on any atom is 0.0622 e. The average molecular weight is 1800 g/mol. The maximum absolute atomic E-state index is 2.55. The number of para-hydroxylation sites is 15. The molecule has 6 heterocycles. The molecule has 0 unspecified atom stereocenters. The highest BCUT2D eigenvalue weighted by molar-refractivity contribution is 6.20. The highest BCUT2D eigenvalue weighted by atomic mass is 15.0. The van der Waals surface area contributed by atoms with Gasteiger partial charge in [-0.15, -0.1) is 0 Å². The largest absolute Gasteiger partial charge is 0.309 e. The van der Waals surface area contributed by atoms with Gasteiger partial charge in [0.1, 0.15) is 0 Å². The molecule has 6 nitrogen and oxygen atoms in total. The second kappa shape index (κ2) is 31.2. The molecule has 30 rings (SSSR count). The summed E-state index contributed by atoms with van der Waals surface area (Å²) in [6.07, 6.45) is 0. The number of fused-ring (bicyclic) bond motifs is 29. The Balaban J connectivity index is 0.000000104. The Hall–Kier alpha value is -17.6. The molecule has 666 valence electrons. The molecular formula is C135H96N6. The van der Waals surface area contributed by atoms with Gasteiger partial charge in [-0.3, -0.25) is 0 Å². The van der Waals surface area contributed by atoms with Crippen LogP contribution < -0.4 is 0 Å². The van der Waals surface area contributed by atoms with Crippen LogP contribution in [0, 0.1) is 0 Å². The molecule has 0 N–H and O–H groups in total. The maximum atomic E-state index is 2.55. The fourth-order valence-electron chi connectivity index (χ4n) is 25.4. The molecule has 27 aromatic rings. The van der Waals surface area contributed by atoms with E-state index in [9.17, 15) is 0 Å². The van der Waals surface area contributed by atoms with Gasteiger partial charge in [-0.2, -0.15) is 0 Å². The molecule has 6 heteroatoms. The Morgan fingerprint density at radius 3 is 0.730 bits per heavy atom. The van der Waals surface area contributed by atoms with E-state index >= 15 is 0 Å². The van der Waals surface area contributed by atoms with E-state index in [0.717, 1.165) is 0 Å². The molecule has 0 bridgehead atoms. The molecule has 3 aliphatic carbocycles. The first-order chi connectivity index (χ1) is 69.4. The summed E-state index contributed by atoms with van der Waals surface area (Å²) in [6.45, 7) is 14.3. The van der Waals surface area contributed by atoms with Crippen LogP contribution in [0.5, 0.6) is 0 Å². The Morgan fingerprint density at radius 2 is 0.369 bits per heavy atom. The molecule has 0 aliphatic heterocycles. The van der Waals surface area contributed by atoms with E-state index in [-0.39, 0.29) is 16.2 Å². The molecule has 141 heavy (non-hydrogen) atoms. The molecule has 0 fully saturated rings. The van der Waals surface area contributed by atoms with Gasteiger partial charge in [0.05, 0.1) is 100 Å². The van der Waals surface area contributed by atoms with Gasteiger partial charge in [-0.25, -0.2) is 0 Å². The van der Waals surface area contributed by atoms with E-state index < -0.39 is 0 Å². The number of hydrogen-bond donors (Lipinski definition) is 0. The molecule has 0 spiro atoms. The monoisotopic (exact) mass is 1800 g/mol. The normalized spacial score (nSPS) is 13.5. The third kappa shape index (κ3) is 11.9. The van der Waals surface area contributed by atoms with E-state index in [2.05, 4.69) is 542 Å². The van der Waals surface area contributed by atoms with Crippen LogP contribution in [0.4, 0.5) is 0 Å². The van der Waals surface area contributed by atoms with Crippen molar-refractivity contribution in [3.8, 4) is 101 Å². The lowest BCUT2D eigenvalue weighted by molar-refractivity contribution is 0.660. The number of aromatic nitrogens is 6. The molecular weight excluding hydrogens is 1710 g/mol. The fraction of sp³-hybridized carbons (Fsp3) is 0.0667. The quantitative estimate of drug-likeness (QED) is 0.138. The summed E-state index contributed by atoms with van der Waals surface area (Å²) < 4.78 is 14.9. The van der Waals surface area contributed by atoms with Crippen LogP contribution in [0.15, 0.2) is 473 Å². The van der Waals surface area contributed by atoms with Gasteiger partial charge in [0.25, 0.3) is 0 Å². The van der Waals surface area contributed by atoms with Crippen molar-refractivity contribution in [2.24, 2.45) is 0 Å². The van der Waals surface area contributed by atoms with Crippen molar-refractivity contribution in [1.82, 2.24) is 27.4 Å². The van der Waals surface area contributed by atoms with Gasteiger partial charge in [0, 0.05) is 120 Å². The minimum atomic E-state index is -0.145. The second-order valence-corrected chi connectivity index (χ2v) is 40.0. The predicted octanol–water partition coefficient (Wildman–Crippen LogP) is 35.6. The summed E-state index contributed by atoms with van der Waals surface area (Å²) in [5.41, 5.74) is 45.2. The molecule has 0 atom stereocenters. The third-order valence-electron chi connectivity index (χ3n) is 31.6. The average Bonchev–Trinajstić information content (AvgIpc) is 1.54. The van der Waals surface area contributed by atoms with Gasteiger partial charge in [-0.05, 0) is 164 Å². The lowest BCUT2D eigenvalue weighted by atomic mass is 9.81.